The van der Waals surface area contributed by atoms with Gasteiger partial charge in [0.1, 0.15) is 5.54 Å². The van der Waals surface area contributed by atoms with E-state index in [0.29, 0.717) is 22.3 Å². The molecule has 0 radical (unpaired) electrons. The Morgan fingerprint density at radius 1 is 1.04 bits per heavy atom. The van der Waals surface area contributed by atoms with Crippen molar-refractivity contribution in [2.45, 2.75) is 19.0 Å². The molecule has 1 saturated heterocycles. The van der Waals surface area contributed by atoms with Crippen LogP contribution in [0, 0.1) is 22.7 Å². The van der Waals surface area contributed by atoms with Gasteiger partial charge in [0.15, 0.2) is 0 Å². The summed E-state index contributed by atoms with van der Waals surface area (Å²) in [5.74, 6) is -0.394. The number of nitrogens with one attached hydrogen (secondary N) is 1. The highest BCUT2D eigenvalue weighted by atomic mass is 16.2. The molecule has 0 bridgehead atoms. The molecule has 3 amide bonds. The molecule has 2 aromatic rings. The van der Waals surface area contributed by atoms with Crippen molar-refractivity contribution in [3.8, 4) is 12.1 Å². The van der Waals surface area contributed by atoms with Crippen molar-refractivity contribution in [3.05, 3.63) is 70.8 Å². The van der Waals surface area contributed by atoms with Crippen LogP contribution in [0.15, 0.2) is 48.5 Å². The molecule has 122 valence electrons. The Kier molecular flexibility index (Phi) is 3.96. The lowest BCUT2D eigenvalue weighted by Crippen LogP contribution is -2.40. The smallest absolute Gasteiger partial charge is 0.319 e. The summed E-state index contributed by atoms with van der Waals surface area (Å²) in [6, 6.07) is 16.9. The lowest BCUT2D eigenvalue weighted by Gasteiger charge is -2.22. The number of imide groups is 1. The molecule has 6 heteroatoms. The predicted octanol–water partition coefficient (Wildman–Crippen LogP) is 2.40. The molecule has 2 aromatic carbocycles. The van der Waals surface area contributed by atoms with Crippen LogP contribution in [0.25, 0.3) is 0 Å². The molecule has 1 heterocycles. The third-order valence-electron chi connectivity index (χ3n) is 4.33. The Hall–Kier alpha value is -3.64. The summed E-state index contributed by atoms with van der Waals surface area (Å²) in [6.45, 7) is 1.66. The predicted molar refractivity (Wildman–Crippen MR) is 88.7 cm³/mol. The fraction of sp³-hybridized carbons (Fsp3) is 0.158. The summed E-state index contributed by atoms with van der Waals surface area (Å²) in [5, 5.41) is 20.8. The van der Waals surface area contributed by atoms with E-state index in [0.717, 1.165) is 4.90 Å². The zero-order chi connectivity index (χ0) is 18.0. The molecule has 0 aromatic heterocycles. The molecular weight excluding hydrogens is 316 g/mol. The molecule has 0 saturated carbocycles. The molecule has 1 aliphatic rings. The molecule has 1 aliphatic heterocycles. The lowest BCUT2D eigenvalue weighted by molar-refractivity contribution is -0.131. The first-order chi connectivity index (χ1) is 12.0. The van der Waals surface area contributed by atoms with Crippen LogP contribution in [0.5, 0.6) is 0 Å². The van der Waals surface area contributed by atoms with Crippen molar-refractivity contribution < 1.29 is 9.59 Å². The monoisotopic (exact) mass is 330 g/mol. The van der Waals surface area contributed by atoms with Crippen molar-refractivity contribution in [2.24, 2.45) is 0 Å². The zero-order valence-corrected chi connectivity index (χ0v) is 13.5. The zero-order valence-electron chi connectivity index (χ0n) is 13.5. The van der Waals surface area contributed by atoms with Crippen LogP contribution in [0.3, 0.4) is 0 Å². The number of carbonyl (C=O) groups is 2. The summed E-state index contributed by atoms with van der Waals surface area (Å²) in [5.41, 5.74) is 0.907. The highest BCUT2D eigenvalue weighted by Gasteiger charge is 2.48. The van der Waals surface area contributed by atoms with E-state index in [2.05, 4.69) is 11.4 Å². The standard InChI is InChI=1S/C19H14N4O2/c1-19(16-8-6-13(10-20)7-9-16)17(24)23(18(25)22-19)12-15-5-3-2-4-14(15)11-21/h2-9H,12H2,1H3,(H,22,25)/t19-/m0/s1. The van der Waals surface area contributed by atoms with E-state index in [1.807, 2.05) is 6.07 Å². The minimum absolute atomic E-state index is 0.0280. The van der Waals surface area contributed by atoms with Crippen LogP contribution in [0.4, 0.5) is 4.79 Å². The van der Waals surface area contributed by atoms with Crippen molar-refractivity contribution >= 4 is 11.9 Å². The average Bonchev–Trinajstić information content (AvgIpc) is 2.86. The van der Waals surface area contributed by atoms with Gasteiger partial charge in [-0.2, -0.15) is 10.5 Å². The first kappa shape index (κ1) is 16.2. The summed E-state index contributed by atoms with van der Waals surface area (Å²) in [7, 11) is 0. The van der Waals surface area contributed by atoms with E-state index in [4.69, 9.17) is 5.26 Å². The Morgan fingerprint density at radius 2 is 1.72 bits per heavy atom. The van der Waals surface area contributed by atoms with E-state index in [1.165, 1.54) is 0 Å². The van der Waals surface area contributed by atoms with Gasteiger partial charge in [0.05, 0.1) is 29.8 Å². The molecule has 1 atom stereocenters. The van der Waals surface area contributed by atoms with Crippen LogP contribution in [0.2, 0.25) is 0 Å². The van der Waals surface area contributed by atoms with Gasteiger partial charge in [0.2, 0.25) is 0 Å². The third-order valence-corrected chi connectivity index (χ3v) is 4.33. The van der Waals surface area contributed by atoms with Crippen LogP contribution in [0.1, 0.15) is 29.2 Å². The number of hydrogen-bond acceptors (Lipinski definition) is 4. The van der Waals surface area contributed by atoms with Crippen LogP contribution in [-0.4, -0.2) is 16.8 Å². The number of nitriles is 2. The van der Waals surface area contributed by atoms with Gasteiger partial charge in [-0.15, -0.1) is 0 Å². The van der Waals surface area contributed by atoms with Gasteiger partial charge in [0, 0.05) is 0 Å². The summed E-state index contributed by atoms with van der Waals surface area (Å²) in [6.07, 6.45) is 0. The first-order valence-electron chi connectivity index (χ1n) is 7.62. The number of carbonyl (C=O) groups excluding carboxylic acids is 2. The van der Waals surface area contributed by atoms with Crippen molar-refractivity contribution in [1.82, 2.24) is 10.2 Å². The van der Waals surface area contributed by atoms with Gasteiger partial charge in [0.25, 0.3) is 5.91 Å². The molecule has 1 N–H and O–H groups in total. The first-order valence-corrected chi connectivity index (χ1v) is 7.62. The van der Waals surface area contributed by atoms with Gasteiger partial charge in [-0.05, 0) is 36.2 Å². The second kappa shape index (κ2) is 6.10. The minimum atomic E-state index is -1.20. The molecule has 25 heavy (non-hydrogen) atoms. The SMILES string of the molecule is C[C@@]1(c2ccc(C#N)cc2)NC(=O)N(Cc2ccccc2C#N)C1=O. The molecule has 1 fully saturated rings. The molecule has 0 unspecified atom stereocenters. The maximum absolute atomic E-state index is 12.9. The van der Waals surface area contributed by atoms with Gasteiger partial charge in [-0.1, -0.05) is 30.3 Å². The summed E-state index contributed by atoms with van der Waals surface area (Å²) >= 11 is 0. The van der Waals surface area contributed by atoms with Crippen LogP contribution in [-0.2, 0) is 16.9 Å². The van der Waals surface area contributed by atoms with Crippen molar-refractivity contribution in [3.63, 3.8) is 0 Å². The molecule has 0 spiro atoms. The van der Waals surface area contributed by atoms with E-state index < -0.39 is 17.5 Å². The van der Waals surface area contributed by atoms with Gasteiger partial charge in [-0.25, -0.2) is 4.79 Å². The second-order valence-electron chi connectivity index (χ2n) is 5.90. The summed E-state index contributed by atoms with van der Waals surface area (Å²) in [4.78, 5) is 26.4. The van der Waals surface area contributed by atoms with E-state index in [9.17, 15) is 14.9 Å². The lowest BCUT2D eigenvalue weighted by atomic mass is 9.91. The van der Waals surface area contributed by atoms with Crippen molar-refractivity contribution in [2.75, 3.05) is 0 Å². The maximum Gasteiger partial charge on any atom is 0.325 e. The summed E-state index contributed by atoms with van der Waals surface area (Å²) < 4.78 is 0. The van der Waals surface area contributed by atoms with Gasteiger partial charge >= 0.3 is 6.03 Å². The number of amides is 3. The quantitative estimate of drug-likeness (QED) is 0.874. The highest BCUT2D eigenvalue weighted by molar-refractivity contribution is 6.07. The van der Waals surface area contributed by atoms with E-state index in [1.54, 1.807) is 55.5 Å². The maximum atomic E-state index is 12.9. The normalized spacial score (nSPS) is 19.2. The van der Waals surface area contributed by atoms with Gasteiger partial charge in [-0.3, -0.25) is 9.69 Å². The Morgan fingerprint density at radius 3 is 2.36 bits per heavy atom. The number of hydrogen-bond donors (Lipinski definition) is 1. The largest absolute Gasteiger partial charge is 0.325 e. The number of rotatable bonds is 3. The molecule has 0 aliphatic carbocycles. The number of benzene rings is 2. The molecular formula is C19H14N4O2. The number of nitrogens with zero attached hydrogens (tertiary/aromatic N) is 3. The Balaban J connectivity index is 1.91. The fourth-order valence-corrected chi connectivity index (χ4v) is 2.85. The van der Waals surface area contributed by atoms with E-state index in [-0.39, 0.29) is 6.54 Å². The highest BCUT2D eigenvalue weighted by Crippen LogP contribution is 2.30. The molecule has 6 nitrogen and oxygen atoms in total. The average molecular weight is 330 g/mol. The topological polar surface area (TPSA) is 97.0 Å². The minimum Gasteiger partial charge on any atom is -0.319 e. The third kappa shape index (κ3) is 2.71. The van der Waals surface area contributed by atoms with Crippen molar-refractivity contribution in [1.29, 1.82) is 10.5 Å². The molecule has 3 rings (SSSR count). The second-order valence-corrected chi connectivity index (χ2v) is 5.90. The van der Waals surface area contributed by atoms with E-state index >= 15 is 0 Å². The van der Waals surface area contributed by atoms with Crippen LogP contribution >= 0.6 is 0 Å². The van der Waals surface area contributed by atoms with Crippen LogP contribution < -0.4 is 5.32 Å². The number of urea groups is 1. The Bertz CT molecular complexity index is 937. The van der Waals surface area contributed by atoms with Gasteiger partial charge < -0.3 is 5.32 Å². The fourth-order valence-electron chi connectivity index (χ4n) is 2.85. The Labute approximate surface area is 144 Å².